The summed E-state index contributed by atoms with van der Waals surface area (Å²) in [6.07, 6.45) is 0. The zero-order chi connectivity index (χ0) is 21.8. The third-order valence-electron chi connectivity index (χ3n) is 3.84. The van der Waals surface area contributed by atoms with Crippen molar-refractivity contribution in [3.05, 3.63) is 47.5 Å². The minimum atomic E-state index is -3.87. The second-order valence-corrected chi connectivity index (χ2v) is 8.51. The van der Waals surface area contributed by atoms with Gasteiger partial charge >= 0.3 is 0 Å². The number of carbonyl (C=O) groups excluding carboxylic acids is 2. The predicted molar refractivity (Wildman–Crippen MR) is 112 cm³/mol. The van der Waals surface area contributed by atoms with Crippen LogP contribution in [0.1, 0.15) is 36.7 Å². The standard InChI is InChI=1S/C20H25N3O5S/c1-12(2)23-29(26,27)19-11-15(7-9-18(19)28-5)20(25)22-17-10-13(3)6-8-16(17)21-14(4)24/h6-12,23H,1-5H3,(H,21,24)(H,22,25). The summed E-state index contributed by atoms with van der Waals surface area (Å²) in [6, 6.07) is 9.02. The fraction of sp³-hybridized carbons (Fsp3) is 0.300. The first-order valence-electron chi connectivity index (χ1n) is 8.93. The summed E-state index contributed by atoms with van der Waals surface area (Å²) >= 11 is 0. The molecule has 2 amide bonds. The van der Waals surface area contributed by atoms with E-state index < -0.39 is 15.9 Å². The highest BCUT2D eigenvalue weighted by molar-refractivity contribution is 7.89. The van der Waals surface area contributed by atoms with Crippen LogP contribution in [-0.2, 0) is 14.8 Å². The largest absolute Gasteiger partial charge is 0.495 e. The predicted octanol–water partition coefficient (Wildman–Crippen LogP) is 2.90. The molecule has 0 spiro atoms. The van der Waals surface area contributed by atoms with Crippen LogP contribution >= 0.6 is 0 Å². The van der Waals surface area contributed by atoms with E-state index >= 15 is 0 Å². The number of rotatable bonds is 7. The zero-order valence-electron chi connectivity index (χ0n) is 17.0. The van der Waals surface area contributed by atoms with Gasteiger partial charge in [-0.3, -0.25) is 9.59 Å². The van der Waals surface area contributed by atoms with E-state index in [1.807, 2.05) is 6.92 Å². The summed E-state index contributed by atoms with van der Waals surface area (Å²) in [4.78, 5) is 24.1. The monoisotopic (exact) mass is 419 g/mol. The van der Waals surface area contributed by atoms with Crippen LogP contribution in [0.2, 0.25) is 0 Å². The Hall–Kier alpha value is -2.91. The normalized spacial score (nSPS) is 11.2. The molecule has 0 unspecified atom stereocenters. The van der Waals surface area contributed by atoms with Crippen LogP contribution in [0.5, 0.6) is 5.75 Å². The second kappa shape index (κ2) is 9.06. The first kappa shape index (κ1) is 22.4. The lowest BCUT2D eigenvalue weighted by molar-refractivity contribution is -0.114. The number of aryl methyl sites for hydroxylation is 1. The Bertz CT molecular complexity index is 1030. The molecule has 3 N–H and O–H groups in total. The van der Waals surface area contributed by atoms with E-state index in [1.165, 1.54) is 32.2 Å². The zero-order valence-corrected chi connectivity index (χ0v) is 17.8. The number of benzene rings is 2. The maximum absolute atomic E-state index is 12.8. The van der Waals surface area contributed by atoms with Gasteiger partial charge in [0.1, 0.15) is 10.6 Å². The minimum absolute atomic E-state index is 0.129. The molecule has 0 aliphatic rings. The van der Waals surface area contributed by atoms with E-state index in [1.54, 1.807) is 32.0 Å². The van der Waals surface area contributed by atoms with Crippen molar-refractivity contribution in [2.24, 2.45) is 0 Å². The van der Waals surface area contributed by atoms with E-state index in [4.69, 9.17) is 4.74 Å². The maximum atomic E-state index is 12.8. The number of anilines is 2. The van der Waals surface area contributed by atoms with Crippen molar-refractivity contribution in [1.82, 2.24) is 4.72 Å². The van der Waals surface area contributed by atoms with Crippen LogP contribution in [0, 0.1) is 6.92 Å². The van der Waals surface area contributed by atoms with E-state index in [0.29, 0.717) is 11.4 Å². The van der Waals surface area contributed by atoms with Gasteiger partial charge in [-0.2, -0.15) is 0 Å². The number of methoxy groups -OCH3 is 1. The Morgan fingerprint density at radius 2 is 1.69 bits per heavy atom. The first-order valence-corrected chi connectivity index (χ1v) is 10.4. The Kier molecular flexibility index (Phi) is 6.99. The van der Waals surface area contributed by atoms with Crippen LogP contribution in [-0.4, -0.2) is 33.4 Å². The van der Waals surface area contributed by atoms with Crippen molar-refractivity contribution >= 4 is 33.2 Å². The molecule has 0 heterocycles. The van der Waals surface area contributed by atoms with Crippen molar-refractivity contribution in [2.45, 2.75) is 38.6 Å². The van der Waals surface area contributed by atoms with E-state index in [-0.39, 0.29) is 28.2 Å². The molecule has 29 heavy (non-hydrogen) atoms. The lowest BCUT2D eigenvalue weighted by atomic mass is 10.1. The smallest absolute Gasteiger partial charge is 0.255 e. The number of nitrogens with one attached hydrogen (secondary N) is 3. The van der Waals surface area contributed by atoms with Gasteiger partial charge < -0.3 is 15.4 Å². The van der Waals surface area contributed by atoms with Crippen molar-refractivity contribution in [2.75, 3.05) is 17.7 Å². The molecule has 0 radical (unpaired) electrons. The quantitative estimate of drug-likeness (QED) is 0.639. The van der Waals surface area contributed by atoms with E-state index in [9.17, 15) is 18.0 Å². The van der Waals surface area contributed by atoms with Crippen LogP contribution in [0.3, 0.4) is 0 Å². The molecule has 156 valence electrons. The van der Waals surface area contributed by atoms with E-state index in [0.717, 1.165) is 5.56 Å². The fourth-order valence-corrected chi connectivity index (χ4v) is 4.10. The van der Waals surface area contributed by atoms with Gasteiger partial charge in [-0.05, 0) is 56.7 Å². The molecule has 2 aromatic rings. The van der Waals surface area contributed by atoms with Crippen LogP contribution < -0.4 is 20.1 Å². The fourth-order valence-electron chi connectivity index (χ4n) is 2.66. The topological polar surface area (TPSA) is 114 Å². The molecular weight excluding hydrogens is 394 g/mol. The number of hydrogen-bond acceptors (Lipinski definition) is 5. The molecule has 0 atom stereocenters. The van der Waals surface area contributed by atoms with Gasteiger partial charge in [0.15, 0.2) is 0 Å². The molecule has 0 aromatic heterocycles. The van der Waals surface area contributed by atoms with Gasteiger partial charge in [-0.1, -0.05) is 6.07 Å². The highest BCUT2D eigenvalue weighted by atomic mass is 32.2. The van der Waals surface area contributed by atoms with Gasteiger partial charge in [0.25, 0.3) is 5.91 Å². The first-order chi connectivity index (χ1) is 13.5. The molecule has 2 rings (SSSR count). The van der Waals surface area contributed by atoms with Crippen LogP contribution in [0.25, 0.3) is 0 Å². The molecule has 0 aliphatic carbocycles. The number of carbonyl (C=O) groups is 2. The summed E-state index contributed by atoms with van der Waals surface area (Å²) < 4.78 is 32.8. The molecule has 8 nitrogen and oxygen atoms in total. The Morgan fingerprint density at radius 1 is 1.00 bits per heavy atom. The van der Waals surface area contributed by atoms with Gasteiger partial charge in [0.2, 0.25) is 15.9 Å². The number of hydrogen-bond donors (Lipinski definition) is 3. The van der Waals surface area contributed by atoms with E-state index in [2.05, 4.69) is 15.4 Å². The maximum Gasteiger partial charge on any atom is 0.255 e. The summed E-state index contributed by atoms with van der Waals surface area (Å²) in [7, 11) is -2.52. The Morgan fingerprint density at radius 3 is 2.28 bits per heavy atom. The minimum Gasteiger partial charge on any atom is -0.495 e. The van der Waals surface area contributed by atoms with Gasteiger partial charge in [-0.15, -0.1) is 0 Å². The molecule has 9 heteroatoms. The Labute approximate surface area is 170 Å². The lowest BCUT2D eigenvalue weighted by Gasteiger charge is -2.15. The number of ether oxygens (including phenoxy) is 1. The number of sulfonamides is 1. The summed E-state index contributed by atoms with van der Waals surface area (Å²) in [5.41, 5.74) is 1.86. The third-order valence-corrected chi connectivity index (χ3v) is 5.52. The van der Waals surface area contributed by atoms with Gasteiger partial charge in [0, 0.05) is 18.5 Å². The average molecular weight is 420 g/mol. The lowest BCUT2D eigenvalue weighted by Crippen LogP contribution is -2.30. The number of amides is 2. The molecule has 0 saturated carbocycles. The molecule has 2 aromatic carbocycles. The van der Waals surface area contributed by atoms with Crippen LogP contribution in [0.15, 0.2) is 41.3 Å². The molecule has 0 bridgehead atoms. The SMILES string of the molecule is COc1ccc(C(=O)Nc2cc(C)ccc2NC(C)=O)cc1S(=O)(=O)NC(C)C. The highest BCUT2D eigenvalue weighted by Gasteiger charge is 2.23. The summed E-state index contributed by atoms with van der Waals surface area (Å²) in [5, 5.41) is 5.37. The Balaban J connectivity index is 2.41. The highest BCUT2D eigenvalue weighted by Crippen LogP contribution is 2.27. The summed E-state index contributed by atoms with van der Waals surface area (Å²) in [6.45, 7) is 6.61. The van der Waals surface area contributed by atoms with Crippen molar-refractivity contribution in [1.29, 1.82) is 0 Å². The van der Waals surface area contributed by atoms with Crippen molar-refractivity contribution < 1.29 is 22.7 Å². The van der Waals surface area contributed by atoms with Crippen molar-refractivity contribution in [3.63, 3.8) is 0 Å². The average Bonchev–Trinajstić information content (AvgIpc) is 2.62. The van der Waals surface area contributed by atoms with Gasteiger partial charge in [0.05, 0.1) is 18.5 Å². The van der Waals surface area contributed by atoms with Gasteiger partial charge in [-0.25, -0.2) is 13.1 Å². The summed E-state index contributed by atoms with van der Waals surface area (Å²) in [5.74, 6) is -0.669. The van der Waals surface area contributed by atoms with Crippen LogP contribution in [0.4, 0.5) is 11.4 Å². The molecular formula is C20H25N3O5S. The molecule has 0 saturated heterocycles. The molecule has 0 aliphatic heterocycles. The third kappa shape index (κ3) is 5.78. The second-order valence-electron chi connectivity index (χ2n) is 6.83. The van der Waals surface area contributed by atoms with Crippen molar-refractivity contribution in [3.8, 4) is 5.75 Å². The molecule has 0 fully saturated rings.